The highest BCUT2D eigenvalue weighted by atomic mass is 35.5. The molecule has 1 aliphatic heterocycles. The van der Waals surface area contributed by atoms with Crippen molar-refractivity contribution >= 4 is 23.5 Å². The molecule has 110 valence electrons. The van der Waals surface area contributed by atoms with E-state index in [9.17, 15) is 14.7 Å². The number of esters is 2. The van der Waals surface area contributed by atoms with Crippen LogP contribution in [-0.2, 0) is 28.5 Å². The second-order valence-electron chi connectivity index (χ2n) is 3.93. The van der Waals surface area contributed by atoms with Crippen molar-refractivity contribution in [1.82, 2.24) is 0 Å². The number of halogens is 1. The number of hydrogen-bond donors (Lipinski definition) is 1. The number of ether oxygens (including phenoxy) is 4. The van der Waals surface area contributed by atoms with Crippen LogP contribution >= 0.6 is 11.6 Å². The number of alkyl halides is 1. The van der Waals surface area contributed by atoms with Gasteiger partial charge in [-0.05, 0) is 0 Å². The summed E-state index contributed by atoms with van der Waals surface area (Å²) < 4.78 is 20.7. The molecule has 4 atom stereocenters. The minimum Gasteiger partial charge on any atom is -0.455 e. The van der Waals surface area contributed by atoms with Crippen molar-refractivity contribution in [3.63, 3.8) is 0 Å². The standard InChI is InChI=1S/C11H17ClO7/c1-6(14)17-9-8(5-13)19-11(16-4-3-12)10(9)18-7(2)15/h8-11,13H,3-5H2,1-2H3/t8-,9-,10+,11+/m1/s1. The third-order valence-corrected chi connectivity index (χ3v) is 2.57. The van der Waals surface area contributed by atoms with Crippen LogP contribution in [0.2, 0.25) is 0 Å². The van der Waals surface area contributed by atoms with E-state index in [1.807, 2.05) is 0 Å². The lowest BCUT2D eigenvalue weighted by atomic mass is 10.1. The summed E-state index contributed by atoms with van der Waals surface area (Å²) in [6.45, 7) is 2.22. The first-order valence-electron chi connectivity index (χ1n) is 5.78. The van der Waals surface area contributed by atoms with E-state index in [4.69, 9.17) is 30.5 Å². The number of rotatable bonds is 6. The predicted molar refractivity (Wildman–Crippen MR) is 63.5 cm³/mol. The molecule has 0 aromatic heterocycles. The molecule has 0 unspecified atom stereocenters. The molecule has 0 aliphatic carbocycles. The van der Waals surface area contributed by atoms with E-state index in [0.29, 0.717) is 0 Å². The maximum Gasteiger partial charge on any atom is 0.303 e. The Balaban J connectivity index is 2.81. The van der Waals surface area contributed by atoms with Gasteiger partial charge in [0.15, 0.2) is 18.5 Å². The second kappa shape index (κ2) is 7.64. The topological polar surface area (TPSA) is 91.3 Å². The Kier molecular flexibility index (Phi) is 6.50. The summed E-state index contributed by atoms with van der Waals surface area (Å²) in [7, 11) is 0. The van der Waals surface area contributed by atoms with Gasteiger partial charge in [-0.25, -0.2) is 0 Å². The highest BCUT2D eigenvalue weighted by molar-refractivity contribution is 6.17. The molecule has 0 bridgehead atoms. The molecule has 0 spiro atoms. The minimum atomic E-state index is -0.929. The molecule has 1 fully saturated rings. The summed E-state index contributed by atoms with van der Waals surface area (Å²) in [4.78, 5) is 22.1. The van der Waals surface area contributed by atoms with Gasteiger partial charge in [0, 0.05) is 19.7 Å². The van der Waals surface area contributed by atoms with Crippen LogP contribution in [0.3, 0.4) is 0 Å². The van der Waals surface area contributed by atoms with Gasteiger partial charge in [0.1, 0.15) is 6.10 Å². The predicted octanol–water partition coefficient (Wildman–Crippen LogP) is -0.178. The Hall–Kier alpha value is -0.890. The molecule has 19 heavy (non-hydrogen) atoms. The zero-order chi connectivity index (χ0) is 14.4. The molecule has 1 heterocycles. The lowest BCUT2D eigenvalue weighted by Crippen LogP contribution is -2.41. The van der Waals surface area contributed by atoms with Crippen molar-refractivity contribution in [2.75, 3.05) is 19.1 Å². The monoisotopic (exact) mass is 296 g/mol. The molecule has 0 radical (unpaired) electrons. The van der Waals surface area contributed by atoms with Crippen LogP contribution in [0.1, 0.15) is 13.8 Å². The average molecular weight is 297 g/mol. The summed E-state index contributed by atoms with van der Waals surface area (Å²) in [5.74, 6) is -0.902. The number of aliphatic hydroxyl groups is 1. The molecular formula is C11H17ClO7. The fourth-order valence-electron chi connectivity index (χ4n) is 1.78. The van der Waals surface area contributed by atoms with Crippen LogP contribution in [0.25, 0.3) is 0 Å². The van der Waals surface area contributed by atoms with E-state index in [0.717, 1.165) is 0 Å². The molecule has 1 N–H and O–H groups in total. The highest BCUT2D eigenvalue weighted by Crippen LogP contribution is 2.27. The van der Waals surface area contributed by atoms with Crippen LogP contribution in [-0.4, -0.2) is 60.7 Å². The first-order chi connectivity index (χ1) is 8.99. The summed E-state index contributed by atoms with van der Waals surface area (Å²) in [6.07, 6.45) is -3.58. The minimum absolute atomic E-state index is 0.176. The van der Waals surface area contributed by atoms with E-state index in [1.165, 1.54) is 13.8 Å². The van der Waals surface area contributed by atoms with Gasteiger partial charge in [0.25, 0.3) is 0 Å². The first-order valence-corrected chi connectivity index (χ1v) is 6.31. The van der Waals surface area contributed by atoms with Crippen molar-refractivity contribution in [3.05, 3.63) is 0 Å². The van der Waals surface area contributed by atoms with Gasteiger partial charge >= 0.3 is 11.9 Å². The molecule has 1 rings (SSSR count). The Labute approximate surface area is 115 Å². The summed E-state index contributed by atoms with van der Waals surface area (Å²) in [6, 6.07) is 0. The Bertz CT molecular complexity index is 322. The normalized spacial score (nSPS) is 30.1. The van der Waals surface area contributed by atoms with Crippen LogP contribution in [0.15, 0.2) is 0 Å². The van der Waals surface area contributed by atoms with E-state index < -0.39 is 43.1 Å². The number of hydrogen-bond acceptors (Lipinski definition) is 7. The van der Waals surface area contributed by atoms with Gasteiger partial charge < -0.3 is 24.1 Å². The summed E-state index contributed by atoms with van der Waals surface area (Å²) in [5.41, 5.74) is 0. The zero-order valence-electron chi connectivity index (χ0n) is 10.7. The third kappa shape index (κ3) is 4.61. The number of carbonyl (C=O) groups is 2. The molecule has 0 aromatic rings. The highest BCUT2D eigenvalue weighted by Gasteiger charge is 2.49. The molecule has 0 amide bonds. The number of aliphatic hydroxyl groups excluding tert-OH is 1. The smallest absolute Gasteiger partial charge is 0.303 e. The molecular weight excluding hydrogens is 280 g/mol. The summed E-state index contributed by atoms with van der Waals surface area (Å²) >= 11 is 5.50. The van der Waals surface area contributed by atoms with Gasteiger partial charge in [0.05, 0.1) is 13.2 Å². The molecule has 1 saturated heterocycles. The average Bonchev–Trinajstić information content (AvgIpc) is 2.63. The molecule has 0 saturated carbocycles. The van der Waals surface area contributed by atoms with Crippen molar-refractivity contribution < 1.29 is 33.6 Å². The van der Waals surface area contributed by atoms with E-state index in [-0.39, 0.29) is 12.5 Å². The van der Waals surface area contributed by atoms with Crippen LogP contribution < -0.4 is 0 Å². The van der Waals surface area contributed by atoms with E-state index in [2.05, 4.69) is 0 Å². The van der Waals surface area contributed by atoms with Crippen LogP contribution in [0, 0.1) is 0 Å². The van der Waals surface area contributed by atoms with E-state index in [1.54, 1.807) is 0 Å². The van der Waals surface area contributed by atoms with Gasteiger partial charge in [-0.2, -0.15) is 0 Å². The zero-order valence-corrected chi connectivity index (χ0v) is 11.5. The Morgan fingerprint density at radius 3 is 2.26 bits per heavy atom. The fourth-order valence-corrected chi connectivity index (χ4v) is 1.87. The fraction of sp³-hybridized carbons (Fsp3) is 0.818. The van der Waals surface area contributed by atoms with Crippen LogP contribution in [0.5, 0.6) is 0 Å². The first kappa shape index (κ1) is 16.2. The van der Waals surface area contributed by atoms with Crippen molar-refractivity contribution in [1.29, 1.82) is 0 Å². The Morgan fingerprint density at radius 1 is 1.21 bits per heavy atom. The lowest BCUT2D eigenvalue weighted by Gasteiger charge is -2.22. The number of carbonyl (C=O) groups excluding carboxylic acids is 2. The van der Waals surface area contributed by atoms with Gasteiger partial charge in [0.2, 0.25) is 0 Å². The Morgan fingerprint density at radius 2 is 1.79 bits per heavy atom. The van der Waals surface area contributed by atoms with Crippen molar-refractivity contribution in [2.45, 2.75) is 38.4 Å². The van der Waals surface area contributed by atoms with E-state index >= 15 is 0 Å². The lowest BCUT2D eigenvalue weighted by molar-refractivity contribution is -0.187. The largest absolute Gasteiger partial charge is 0.455 e. The molecule has 7 nitrogen and oxygen atoms in total. The molecule has 8 heteroatoms. The molecule has 0 aromatic carbocycles. The SMILES string of the molecule is CC(=O)O[C@@H]1[C@@H](OCCCl)O[C@H](CO)[C@H]1OC(C)=O. The van der Waals surface area contributed by atoms with Gasteiger partial charge in [-0.1, -0.05) is 0 Å². The molecule has 1 aliphatic rings. The summed E-state index contributed by atoms with van der Waals surface area (Å²) in [5, 5.41) is 9.21. The van der Waals surface area contributed by atoms with Gasteiger partial charge in [-0.15, -0.1) is 11.6 Å². The maximum absolute atomic E-state index is 11.1. The van der Waals surface area contributed by atoms with Crippen molar-refractivity contribution in [3.8, 4) is 0 Å². The maximum atomic E-state index is 11.1. The second-order valence-corrected chi connectivity index (χ2v) is 4.31. The third-order valence-electron chi connectivity index (χ3n) is 2.41. The quantitative estimate of drug-likeness (QED) is 0.537. The van der Waals surface area contributed by atoms with Crippen LogP contribution in [0.4, 0.5) is 0 Å². The van der Waals surface area contributed by atoms with Gasteiger partial charge in [-0.3, -0.25) is 9.59 Å². The van der Waals surface area contributed by atoms with Crippen molar-refractivity contribution in [2.24, 2.45) is 0 Å².